The van der Waals surface area contributed by atoms with E-state index in [9.17, 15) is 14.9 Å². The highest BCUT2D eigenvalue weighted by Crippen LogP contribution is 2.28. The Balaban J connectivity index is 2.14. The minimum atomic E-state index is -0.860. The summed E-state index contributed by atoms with van der Waals surface area (Å²) >= 11 is 0. The van der Waals surface area contributed by atoms with Gasteiger partial charge in [0.2, 0.25) is 11.6 Å². The molecule has 110 valence electrons. The Kier molecular flexibility index (Phi) is 3.89. The van der Waals surface area contributed by atoms with Crippen molar-refractivity contribution >= 4 is 17.6 Å². The Morgan fingerprint density at radius 1 is 1.40 bits per heavy atom. The van der Waals surface area contributed by atoms with Crippen molar-refractivity contribution in [2.24, 2.45) is 7.05 Å². The monoisotopic (exact) mass is 283 g/mol. The van der Waals surface area contributed by atoms with Crippen LogP contribution in [0.2, 0.25) is 0 Å². The van der Waals surface area contributed by atoms with Crippen LogP contribution in [-0.4, -0.2) is 63.2 Å². The van der Waals surface area contributed by atoms with Gasteiger partial charge in [0, 0.05) is 40.2 Å². The molecule has 1 aromatic rings. The van der Waals surface area contributed by atoms with Gasteiger partial charge in [-0.25, -0.2) is 0 Å². The fourth-order valence-corrected chi connectivity index (χ4v) is 2.37. The molecule has 1 aliphatic heterocycles. The molecule has 0 unspecified atom stereocenters. The summed E-state index contributed by atoms with van der Waals surface area (Å²) in [7, 11) is 1.74. The molecule has 0 bridgehead atoms. The summed E-state index contributed by atoms with van der Waals surface area (Å²) in [5.74, 6) is 0.0691. The molecule has 1 N–H and O–H groups in total. The van der Waals surface area contributed by atoms with Crippen molar-refractivity contribution in [1.29, 1.82) is 0 Å². The van der Waals surface area contributed by atoms with Gasteiger partial charge in [0.1, 0.15) is 0 Å². The second-order valence-corrected chi connectivity index (χ2v) is 4.78. The summed E-state index contributed by atoms with van der Waals surface area (Å²) in [5, 5.41) is 19.8. The van der Waals surface area contributed by atoms with Crippen LogP contribution in [0.25, 0.3) is 0 Å². The van der Waals surface area contributed by atoms with Crippen LogP contribution >= 0.6 is 0 Å². The minimum Gasteiger partial charge on any atom is -0.480 e. The second-order valence-electron chi connectivity index (χ2n) is 4.78. The molecule has 1 aliphatic rings. The zero-order valence-electron chi connectivity index (χ0n) is 11.4. The summed E-state index contributed by atoms with van der Waals surface area (Å²) in [6.45, 7) is 3.94. The summed E-state index contributed by atoms with van der Waals surface area (Å²) in [4.78, 5) is 28.9. The van der Waals surface area contributed by atoms with Gasteiger partial charge in [0.05, 0.1) is 6.54 Å². The van der Waals surface area contributed by atoms with Crippen molar-refractivity contribution in [3.8, 4) is 0 Å². The summed E-state index contributed by atoms with van der Waals surface area (Å²) in [6, 6.07) is 0. The number of piperazine rings is 1. The maximum absolute atomic E-state index is 11.1. The number of nitro groups is 1. The van der Waals surface area contributed by atoms with Crippen LogP contribution in [0.5, 0.6) is 0 Å². The molecule has 0 spiro atoms. The van der Waals surface area contributed by atoms with Crippen LogP contribution in [0.3, 0.4) is 0 Å². The smallest absolute Gasteiger partial charge is 0.406 e. The lowest BCUT2D eigenvalue weighted by Crippen LogP contribution is -2.48. The highest BCUT2D eigenvalue weighted by molar-refractivity contribution is 5.69. The average Bonchev–Trinajstić information content (AvgIpc) is 2.67. The second kappa shape index (κ2) is 5.45. The lowest BCUT2D eigenvalue weighted by atomic mass is 10.3. The van der Waals surface area contributed by atoms with E-state index in [-0.39, 0.29) is 12.4 Å². The Bertz CT molecular complexity index is 533. The van der Waals surface area contributed by atoms with Crippen molar-refractivity contribution in [1.82, 2.24) is 14.5 Å². The number of carboxylic acids is 1. The number of hydrogen-bond acceptors (Lipinski definition) is 6. The topological polar surface area (TPSA) is 105 Å². The van der Waals surface area contributed by atoms with Gasteiger partial charge >= 0.3 is 11.8 Å². The quantitative estimate of drug-likeness (QED) is 0.604. The molecule has 20 heavy (non-hydrogen) atoms. The van der Waals surface area contributed by atoms with E-state index >= 15 is 0 Å². The first kappa shape index (κ1) is 14.3. The third-order valence-corrected chi connectivity index (χ3v) is 3.47. The first-order valence-electron chi connectivity index (χ1n) is 6.27. The SMILES string of the molecule is Cc1nc([N+](=O)[O-])c(N2CCN(CC(=O)O)CC2)n1C. The first-order valence-corrected chi connectivity index (χ1v) is 6.27. The number of nitrogens with zero attached hydrogens (tertiary/aromatic N) is 5. The third kappa shape index (κ3) is 2.72. The molecule has 0 amide bonds. The van der Waals surface area contributed by atoms with Crippen LogP contribution in [0.15, 0.2) is 0 Å². The van der Waals surface area contributed by atoms with Crippen LogP contribution < -0.4 is 4.90 Å². The molecule has 0 aromatic carbocycles. The summed E-state index contributed by atoms with van der Waals surface area (Å²) in [6.07, 6.45) is 0. The maximum atomic E-state index is 11.1. The van der Waals surface area contributed by atoms with E-state index < -0.39 is 10.9 Å². The Hall–Kier alpha value is -2.16. The van der Waals surface area contributed by atoms with Gasteiger partial charge in [0.15, 0.2) is 0 Å². The number of hydrogen-bond donors (Lipinski definition) is 1. The van der Waals surface area contributed by atoms with Crippen molar-refractivity contribution in [3.63, 3.8) is 0 Å². The zero-order valence-corrected chi connectivity index (χ0v) is 11.4. The van der Waals surface area contributed by atoms with E-state index in [4.69, 9.17) is 5.11 Å². The Labute approximate surface area is 115 Å². The van der Waals surface area contributed by atoms with E-state index in [1.165, 1.54) is 0 Å². The zero-order chi connectivity index (χ0) is 14.9. The lowest BCUT2D eigenvalue weighted by Gasteiger charge is -2.34. The number of imidazole rings is 1. The number of carboxylic acid groups (broad SMARTS) is 1. The largest absolute Gasteiger partial charge is 0.480 e. The average molecular weight is 283 g/mol. The number of carbonyl (C=O) groups is 1. The van der Waals surface area contributed by atoms with Crippen molar-refractivity contribution in [2.75, 3.05) is 37.6 Å². The number of aryl methyl sites for hydroxylation is 1. The minimum absolute atomic E-state index is 0.000345. The van der Waals surface area contributed by atoms with Gasteiger partial charge in [-0.15, -0.1) is 0 Å². The first-order chi connectivity index (χ1) is 9.40. The van der Waals surface area contributed by atoms with E-state index in [0.717, 1.165) is 0 Å². The molecular formula is C11H17N5O4. The van der Waals surface area contributed by atoms with E-state index in [2.05, 4.69) is 4.98 Å². The molecule has 0 atom stereocenters. The lowest BCUT2D eigenvalue weighted by molar-refractivity contribution is -0.388. The molecule has 2 rings (SSSR count). The number of aliphatic carboxylic acids is 1. The molecule has 0 aliphatic carbocycles. The van der Waals surface area contributed by atoms with Gasteiger partial charge in [-0.1, -0.05) is 0 Å². The van der Waals surface area contributed by atoms with Crippen molar-refractivity contribution in [2.45, 2.75) is 6.92 Å². The molecular weight excluding hydrogens is 266 g/mol. The normalized spacial score (nSPS) is 16.4. The van der Waals surface area contributed by atoms with Gasteiger partial charge in [-0.3, -0.25) is 14.3 Å². The Morgan fingerprint density at radius 2 is 2.00 bits per heavy atom. The van der Waals surface area contributed by atoms with Crippen molar-refractivity contribution < 1.29 is 14.8 Å². The molecule has 1 fully saturated rings. The van der Waals surface area contributed by atoms with Gasteiger partial charge in [0.25, 0.3) is 0 Å². The number of rotatable bonds is 4. The Morgan fingerprint density at radius 3 is 2.50 bits per heavy atom. The molecule has 1 aromatic heterocycles. The predicted octanol–water partition coefficient (Wildman–Crippen LogP) is -0.157. The van der Waals surface area contributed by atoms with Gasteiger partial charge in [-0.2, -0.15) is 0 Å². The highest BCUT2D eigenvalue weighted by atomic mass is 16.6. The number of anilines is 1. The van der Waals surface area contributed by atoms with Gasteiger partial charge in [-0.05, 0) is 9.91 Å². The third-order valence-electron chi connectivity index (χ3n) is 3.47. The summed E-state index contributed by atoms with van der Waals surface area (Å²) < 4.78 is 1.70. The molecule has 1 saturated heterocycles. The van der Waals surface area contributed by atoms with E-state index in [0.29, 0.717) is 37.8 Å². The van der Waals surface area contributed by atoms with Crippen LogP contribution in [-0.2, 0) is 11.8 Å². The van der Waals surface area contributed by atoms with Crippen LogP contribution in [0, 0.1) is 17.0 Å². The molecule has 9 heteroatoms. The van der Waals surface area contributed by atoms with E-state index in [1.54, 1.807) is 18.5 Å². The number of aromatic nitrogens is 2. The fourth-order valence-electron chi connectivity index (χ4n) is 2.37. The standard InChI is InChI=1S/C11H17N5O4/c1-8-12-10(16(19)20)11(13(8)2)15-5-3-14(4-6-15)7-9(17)18/h3-7H2,1-2H3,(H,17,18). The fraction of sp³-hybridized carbons (Fsp3) is 0.636. The molecule has 0 radical (unpaired) electrons. The summed E-state index contributed by atoms with van der Waals surface area (Å²) in [5.41, 5.74) is 0. The highest BCUT2D eigenvalue weighted by Gasteiger charge is 2.30. The van der Waals surface area contributed by atoms with Crippen LogP contribution in [0.1, 0.15) is 5.82 Å². The molecule has 9 nitrogen and oxygen atoms in total. The molecule has 0 saturated carbocycles. The van der Waals surface area contributed by atoms with E-state index in [1.807, 2.05) is 9.80 Å². The molecule has 2 heterocycles. The van der Waals surface area contributed by atoms with Crippen LogP contribution in [0.4, 0.5) is 11.6 Å². The predicted molar refractivity (Wildman–Crippen MR) is 70.9 cm³/mol. The maximum Gasteiger partial charge on any atom is 0.406 e. The van der Waals surface area contributed by atoms with Gasteiger partial charge < -0.3 is 20.1 Å². The van der Waals surface area contributed by atoms with Crippen molar-refractivity contribution in [3.05, 3.63) is 15.9 Å².